The number of rotatable bonds is 7. The molecule has 0 unspecified atom stereocenters. The molecule has 0 N–H and O–H groups in total. The number of carbonyl (C=O) groups is 1. The number of hydrogen-bond donors (Lipinski definition) is 0. The summed E-state index contributed by atoms with van der Waals surface area (Å²) >= 11 is 0. The van der Waals surface area contributed by atoms with E-state index in [2.05, 4.69) is 30.5 Å². The average Bonchev–Trinajstić information content (AvgIpc) is 2.35. The van der Waals surface area contributed by atoms with Crippen molar-refractivity contribution in [1.29, 1.82) is 0 Å². The lowest BCUT2D eigenvalue weighted by Gasteiger charge is -2.27. The molecule has 0 saturated carbocycles. The minimum Gasteiger partial charge on any atom is -0.302 e. The molecule has 0 bridgehead atoms. The normalized spacial score (nSPS) is 12.4. The lowest BCUT2D eigenvalue weighted by molar-refractivity contribution is -0.109. The molecule has 0 amide bonds. The summed E-state index contributed by atoms with van der Waals surface area (Å²) in [4.78, 5) is 12.8. The maximum atomic E-state index is 10.6. The fourth-order valence-corrected chi connectivity index (χ4v) is 1.74. The summed E-state index contributed by atoms with van der Waals surface area (Å²) in [6.45, 7) is 7.19. The standard InChI is InChI=1S/C14H19NO/c1-3-4-10-15(11-12-16)13(2)14-8-6-5-7-9-14/h3,5-9,12-13H,1,4,10-11H2,2H3/t13-/m0/s1. The first-order chi connectivity index (χ1) is 7.79. The largest absolute Gasteiger partial charge is 0.302 e. The van der Waals surface area contributed by atoms with Crippen molar-refractivity contribution in [3.05, 3.63) is 48.6 Å². The van der Waals surface area contributed by atoms with Crippen LogP contribution >= 0.6 is 0 Å². The topological polar surface area (TPSA) is 20.3 Å². The van der Waals surface area contributed by atoms with E-state index in [0.29, 0.717) is 6.54 Å². The molecule has 86 valence electrons. The molecular formula is C14H19NO. The van der Waals surface area contributed by atoms with Crippen molar-refractivity contribution < 1.29 is 4.79 Å². The van der Waals surface area contributed by atoms with E-state index in [1.807, 2.05) is 24.3 Å². The van der Waals surface area contributed by atoms with Crippen molar-refractivity contribution in [2.24, 2.45) is 0 Å². The Kier molecular flexibility index (Phi) is 5.51. The van der Waals surface area contributed by atoms with Crippen LogP contribution in [0.15, 0.2) is 43.0 Å². The second-order valence-corrected chi connectivity index (χ2v) is 3.83. The zero-order chi connectivity index (χ0) is 11.8. The van der Waals surface area contributed by atoms with Crippen LogP contribution in [0.5, 0.6) is 0 Å². The summed E-state index contributed by atoms with van der Waals surface area (Å²) in [6.07, 6.45) is 3.75. The number of aldehydes is 1. The monoisotopic (exact) mass is 217 g/mol. The third kappa shape index (κ3) is 3.63. The highest BCUT2D eigenvalue weighted by Crippen LogP contribution is 2.19. The quantitative estimate of drug-likeness (QED) is 0.517. The van der Waals surface area contributed by atoms with Gasteiger partial charge in [-0.1, -0.05) is 36.4 Å². The molecule has 1 rings (SSSR count). The fourth-order valence-electron chi connectivity index (χ4n) is 1.74. The number of hydrogen-bond acceptors (Lipinski definition) is 2. The van der Waals surface area contributed by atoms with Crippen molar-refractivity contribution in [1.82, 2.24) is 4.90 Å². The molecule has 0 aliphatic heterocycles. The van der Waals surface area contributed by atoms with Crippen LogP contribution in [0, 0.1) is 0 Å². The number of benzene rings is 1. The van der Waals surface area contributed by atoms with Crippen LogP contribution in [-0.2, 0) is 4.79 Å². The predicted molar refractivity (Wildman–Crippen MR) is 67.3 cm³/mol. The van der Waals surface area contributed by atoms with Crippen LogP contribution in [0.25, 0.3) is 0 Å². The van der Waals surface area contributed by atoms with E-state index >= 15 is 0 Å². The molecule has 0 aliphatic rings. The smallest absolute Gasteiger partial charge is 0.134 e. The molecule has 0 aromatic heterocycles. The molecule has 16 heavy (non-hydrogen) atoms. The zero-order valence-corrected chi connectivity index (χ0v) is 9.80. The maximum Gasteiger partial charge on any atom is 0.134 e. The van der Waals surface area contributed by atoms with Crippen molar-refractivity contribution in [3.63, 3.8) is 0 Å². The second kappa shape index (κ2) is 6.96. The van der Waals surface area contributed by atoms with Gasteiger partial charge in [0, 0.05) is 12.6 Å². The Morgan fingerprint density at radius 3 is 2.62 bits per heavy atom. The van der Waals surface area contributed by atoms with Gasteiger partial charge in [0.05, 0.1) is 6.54 Å². The summed E-state index contributed by atoms with van der Waals surface area (Å²) in [7, 11) is 0. The van der Waals surface area contributed by atoms with Crippen LogP contribution in [0.4, 0.5) is 0 Å². The molecule has 2 nitrogen and oxygen atoms in total. The van der Waals surface area contributed by atoms with Gasteiger partial charge in [-0.05, 0) is 18.9 Å². The van der Waals surface area contributed by atoms with Gasteiger partial charge in [0.1, 0.15) is 6.29 Å². The minimum absolute atomic E-state index is 0.270. The van der Waals surface area contributed by atoms with Crippen molar-refractivity contribution in [3.8, 4) is 0 Å². The molecule has 1 aromatic rings. The average molecular weight is 217 g/mol. The minimum atomic E-state index is 0.270. The van der Waals surface area contributed by atoms with Gasteiger partial charge in [0.25, 0.3) is 0 Å². The molecule has 1 atom stereocenters. The molecule has 1 aromatic carbocycles. The van der Waals surface area contributed by atoms with Gasteiger partial charge >= 0.3 is 0 Å². The van der Waals surface area contributed by atoms with E-state index in [1.54, 1.807) is 0 Å². The van der Waals surface area contributed by atoms with Gasteiger partial charge in [-0.25, -0.2) is 0 Å². The number of carbonyl (C=O) groups excluding carboxylic acids is 1. The highest BCUT2D eigenvalue weighted by Gasteiger charge is 2.13. The number of nitrogens with zero attached hydrogens (tertiary/aromatic N) is 1. The molecule has 0 radical (unpaired) electrons. The van der Waals surface area contributed by atoms with Crippen molar-refractivity contribution in [2.75, 3.05) is 13.1 Å². The SMILES string of the molecule is C=CCCN(CC=O)[C@@H](C)c1ccccc1. The van der Waals surface area contributed by atoms with E-state index in [9.17, 15) is 4.79 Å². The van der Waals surface area contributed by atoms with Gasteiger partial charge in [0.2, 0.25) is 0 Å². The Labute approximate surface area is 97.6 Å². The lowest BCUT2D eigenvalue weighted by Crippen LogP contribution is -2.29. The Morgan fingerprint density at radius 2 is 2.06 bits per heavy atom. The first kappa shape index (κ1) is 12.7. The molecular weight excluding hydrogens is 198 g/mol. The van der Waals surface area contributed by atoms with Gasteiger partial charge in [-0.3, -0.25) is 4.90 Å². The van der Waals surface area contributed by atoms with E-state index in [-0.39, 0.29) is 6.04 Å². The van der Waals surface area contributed by atoms with Crippen LogP contribution in [0.2, 0.25) is 0 Å². The Bertz CT molecular complexity index is 321. The molecule has 0 heterocycles. The fraction of sp³-hybridized carbons (Fsp3) is 0.357. The van der Waals surface area contributed by atoms with Gasteiger partial charge in [0.15, 0.2) is 0 Å². The van der Waals surface area contributed by atoms with Gasteiger partial charge in [-0.2, -0.15) is 0 Å². The highest BCUT2D eigenvalue weighted by atomic mass is 16.1. The van der Waals surface area contributed by atoms with Gasteiger partial charge < -0.3 is 4.79 Å². The summed E-state index contributed by atoms with van der Waals surface area (Å²) < 4.78 is 0. The highest BCUT2D eigenvalue weighted by molar-refractivity contribution is 5.52. The Hall–Kier alpha value is -1.41. The van der Waals surface area contributed by atoms with Crippen LogP contribution in [0.3, 0.4) is 0 Å². The van der Waals surface area contributed by atoms with Crippen LogP contribution in [-0.4, -0.2) is 24.3 Å². The zero-order valence-electron chi connectivity index (χ0n) is 9.80. The summed E-state index contributed by atoms with van der Waals surface area (Å²) in [5.74, 6) is 0. The van der Waals surface area contributed by atoms with E-state index < -0.39 is 0 Å². The second-order valence-electron chi connectivity index (χ2n) is 3.83. The molecule has 2 heteroatoms. The van der Waals surface area contributed by atoms with E-state index in [0.717, 1.165) is 19.3 Å². The third-order valence-corrected chi connectivity index (χ3v) is 2.76. The third-order valence-electron chi connectivity index (χ3n) is 2.76. The predicted octanol–water partition coefficient (Wildman–Crippen LogP) is 2.82. The summed E-state index contributed by atoms with van der Waals surface area (Å²) in [6, 6.07) is 10.5. The summed E-state index contributed by atoms with van der Waals surface area (Å²) in [5, 5.41) is 0. The van der Waals surface area contributed by atoms with E-state index in [4.69, 9.17) is 0 Å². The lowest BCUT2D eigenvalue weighted by atomic mass is 10.1. The molecule has 0 spiro atoms. The first-order valence-corrected chi connectivity index (χ1v) is 5.63. The summed E-state index contributed by atoms with van der Waals surface area (Å²) in [5.41, 5.74) is 1.24. The van der Waals surface area contributed by atoms with Gasteiger partial charge in [-0.15, -0.1) is 6.58 Å². The van der Waals surface area contributed by atoms with Crippen LogP contribution < -0.4 is 0 Å². The van der Waals surface area contributed by atoms with Crippen molar-refractivity contribution >= 4 is 6.29 Å². The molecule has 0 fully saturated rings. The Morgan fingerprint density at radius 1 is 1.38 bits per heavy atom. The molecule has 0 aliphatic carbocycles. The van der Waals surface area contributed by atoms with Crippen molar-refractivity contribution in [2.45, 2.75) is 19.4 Å². The Balaban J connectivity index is 2.69. The molecule has 0 saturated heterocycles. The first-order valence-electron chi connectivity index (χ1n) is 5.63. The van der Waals surface area contributed by atoms with E-state index in [1.165, 1.54) is 5.56 Å². The van der Waals surface area contributed by atoms with Crippen LogP contribution in [0.1, 0.15) is 24.9 Å². The maximum absolute atomic E-state index is 10.6.